The molecular formula is C11H13F3N2OS2. The SMILES string of the molecule is CC(C)ON=Cc1cnc(SCCC(F)=C(F)F)s1. The molecule has 0 saturated carbocycles. The number of allylic oxidation sites excluding steroid dienone is 1. The number of thiazole rings is 1. The van der Waals surface area contributed by atoms with Gasteiger partial charge in [0.25, 0.3) is 0 Å². The van der Waals surface area contributed by atoms with Crippen molar-refractivity contribution < 1.29 is 18.0 Å². The topological polar surface area (TPSA) is 34.5 Å². The molecule has 0 radical (unpaired) electrons. The summed E-state index contributed by atoms with van der Waals surface area (Å²) in [5.41, 5.74) is 0. The van der Waals surface area contributed by atoms with E-state index in [1.165, 1.54) is 29.3 Å². The van der Waals surface area contributed by atoms with E-state index in [0.29, 0.717) is 4.34 Å². The van der Waals surface area contributed by atoms with E-state index in [1.54, 1.807) is 6.20 Å². The Morgan fingerprint density at radius 2 is 2.26 bits per heavy atom. The van der Waals surface area contributed by atoms with E-state index in [1.807, 2.05) is 13.8 Å². The molecule has 0 amide bonds. The van der Waals surface area contributed by atoms with E-state index in [-0.39, 0.29) is 18.3 Å². The van der Waals surface area contributed by atoms with E-state index in [0.717, 1.165) is 4.88 Å². The molecule has 0 bridgehead atoms. The van der Waals surface area contributed by atoms with Crippen LogP contribution in [0.3, 0.4) is 0 Å². The third kappa shape index (κ3) is 6.63. The Bertz CT molecular complexity index is 457. The summed E-state index contributed by atoms with van der Waals surface area (Å²) in [6.45, 7) is 3.72. The molecule has 0 N–H and O–H groups in total. The third-order valence-electron chi connectivity index (χ3n) is 1.71. The predicted octanol–water partition coefficient (Wildman–Crippen LogP) is 4.46. The predicted molar refractivity (Wildman–Crippen MR) is 71.6 cm³/mol. The van der Waals surface area contributed by atoms with Gasteiger partial charge in [-0.15, -0.1) is 11.3 Å². The molecule has 0 atom stereocenters. The smallest absolute Gasteiger partial charge is 0.301 e. The molecular weight excluding hydrogens is 297 g/mol. The minimum atomic E-state index is -2.25. The van der Waals surface area contributed by atoms with Gasteiger partial charge in [-0.1, -0.05) is 16.9 Å². The zero-order chi connectivity index (χ0) is 14.3. The highest BCUT2D eigenvalue weighted by Gasteiger charge is 2.06. The molecule has 19 heavy (non-hydrogen) atoms. The molecule has 1 rings (SSSR count). The van der Waals surface area contributed by atoms with Crippen LogP contribution >= 0.6 is 23.1 Å². The van der Waals surface area contributed by atoms with E-state index < -0.39 is 11.9 Å². The minimum absolute atomic E-state index is 0.00313. The van der Waals surface area contributed by atoms with Crippen LogP contribution in [0.2, 0.25) is 0 Å². The van der Waals surface area contributed by atoms with Gasteiger partial charge in [-0.2, -0.15) is 8.78 Å². The van der Waals surface area contributed by atoms with Crippen molar-refractivity contribution >= 4 is 29.3 Å². The zero-order valence-corrected chi connectivity index (χ0v) is 12.0. The fourth-order valence-corrected chi connectivity index (χ4v) is 2.79. The first-order valence-corrected chi connectivity index (χ1v) is 7.26. The first-order valence-electron chi connectivity index (χ1n) is 5.46. The van der Waals surface area contributed by atoms with E-state index >= 15 is 0 Å². The number of nitrogens with zero attached hydrogens (tertiary/aromatic N) is 2. The highest BCUT2D eigenvalue weighted by molar-refractivity contribution is 8.01. The van der Waals surface area contributed by atoms with Gasteiger partial charge < -0.3 is 4.84 Å². The first kappa shape index (κ1) is 16.0. The highest BCUT2D eigenvalue weighted by Crippen LogP contribution is 2.26. The van der Waals surface area contributed by atoms with Crippen molar-refractivity contribution in [2.75, 3.05) is 5.75 Å². The lowest BCUT2D eigenvalue weighted by Crippen LogP contribution is -1.95. The Morgan fingerprint density at radius 3 is 2.89 bits per heavy atom. The second-order valence-corrected chi connectivity index (χ2v) is 6.09. The molecule has 0 aliphatic rings. The molecule has 0 aliphatic heterocycles. The number of thioether (sulfide) groups is 1. The van der Waals surface area contributed by atoms with Crippen LogP contribution in [-0.2, 0) is 4.84 Å². The van der Waals surface area contributed by atoms with Crippen LogP contribution in [0.4, 0.5) is 13.2 Å². The van der Waals surface area contributed by atoms with Gasteiger partial charge >= 0.3 is 6.08 Å². The van der Waals surface area contributed by atoms with Crippen LogP contribution in [0.5, 0.6) is 0 Å². The van der Waals surface area contributed by atoms with Crippen molar-refractivity contribution in [1.82, 2.24) is 4.98 Å². The molecule has 0 saturated heterocycles. The van der Waals surface area contributed by atoms with Gasteiger partial charge in [-0.05, 0) is 13.8 Å². The lowest BCUT2D eigenvalue weighted by atomic mass is 10.4. The molecule has 0 spiro atoms. The van der Waals surface area contributed by atoms with Crippen LogP contribution in [0.15, 0.2) is 27.6 Å². The molecule has 1 aromatic heterocycles. The molecule has 0 fully saturated rings. The van der Waals surface area contributed by atoms with Crippen molar-refractivity contribution in [3.05, 3.63) is 23.0 Å². The van der Waals surface area contributed by atoms with Gasteiger partial charge in [0, 0.05) is 18.4 Å². The maximum atomic E-state index is 12.5. The van der Waals surface area contributed by atoms with Crippen molar-refractivity contribution in [2.45, 2.75) is 30.7 Å². The van der Waals surface area contributed by atoms with Crippen molar-refractivity contribution in [2.24, 2.45) is 5.16 Å². The standard InChI is InChI=1S/C11H13F3N2OS2/c1-7(2)17-16-6-8-5-15-11(19-8)18-4-3-9(12)10(13)14/h5-7H,3-4H2,1-2H3. The molecule has 8 heteroatoms. The number of aromatic nitrogens is 1. The first-order chi connectivity index (χ1) is 8.99. The Balaban J connectivity index is 2.39. The molecule has 1 aromatic rings. The number of hydrogen-bond acceptors (Lipinski definition) is 5. The quantitative estimate of drug-likeness (QED) is 0.423. The maximum Gasteiger partial charge on any atom is 0.301 e. The summed E-state index contributed by atoms with van der Waals surface area (Å²) in [4.78, 5) is 9.85. The summed E-state index contributed by atoms with van der Waals surface area (Å²) in [6.07, 6.45) is 0.583. The summed E-state index contributed by atoms with van der Waals surface area (Å²) in [5, 5.41) is 3.76. The van der Waals surface area contributed by atoms with Crippen LogP contribution in [0.25, 0.3) is 0 Å². The van der Waals surface area contributed by atoms with Gasteiger partial charge in [0.05, 0.1) is 11.1 Å². The fourth-order valence-electron chi connectivity index (χ4n) is 0.923. The lowest BCUT2D eigenvalue weighted by molar-refractivity contribution is 0.0874. The van der Waals surface area contributed by atoms with Crippen molar-refractivity contribution in [3.8, 4) is 0 Å². The van der Waals surface area contributed by atoms with Crippen LogP contribution in [-0.4, -0.2) is 23.1 Å². The van der Waals surface area contributed by atoms with E-state index in [9.17, 15) is 13.2 Å². The largest absolute Gasteiger partial charge is 0.393 e. The van der Waals surface area contributed by atoms with Crippen LogP contribution in [0, 0.1) is 0 Å². The average Bonchev–Trinajstić information content (AvgIpc) is 2.76. The molecule has 106 valence electrons. The van der Waals surface area contributed by atoms with Gasteiger partial charge in [-0.3, -0.25) is 0 Å². The Hall–Kier alpha value is -1.02. The molecule has 1 heterocycles. The minimum Gasteiger partial charge on any atom is -0.393 e. The van der Waals surface area contributed by atoms with Gasteiger partial charge in [0.2, 0.25) is 0 Å². The molecule has 0 aliphatic carbocycles. The van der Waals surface area contributed by atoms with Gasteiger partial charge in [-0.25, -0.2) is 9.37 Å². The van der Waals surface area contributed by atoms with Gasteiger partial charge in [0.15, 0.2) is 5.83 Å². The Labute approximate surface area is 117 Å². The fraction of sp³-hybridized carbons (Fsp3) is 0.455. The summed E-state index contributed by atoms with van der Waals surface area (Å²) in [7, 11) is 0. The average molecular weight is 310 g/mol. The monoisotopic (exact) mass is 310 g/mol. The molecule has 0 aromatic carbocycles. The normalized spacial score (nSPS) is 11.3. The number of oxime groups is 1. The third-order valence-corrected chi connectivity index (χ3v) is 3.80. The summed E-state index contributed by atoms with van der Waals surface area (Å²) < 4.78 is 36.8. The summed E-state index contributed by atoms with van der Waals surface area (Å²) >= 11 is 2.57. The van der Waals surface area contributed by atoms with Crippen LogP contribution in [0.1, 0.15) is 25.1 Å². The number of halogens is 3. The summed E-state index contributed by atoms with van der Waals surface area (Å²) in [5.74, 6) is -1.15. The van der Waals surface area contributed by atoms with Crippen molar-refractivity contribution in [1.29, 1.82) is 0 Å². The number of hydrogen-bond donors (Lipinski definition) is 0. The second kappa shape index (κ2) is 8.21. The molecule has 3 nitrogen and oxygen atoms in total. The Kier molecular flexibility index (Phi) is 6.93. The molecule has 0 unspecified atom stereocenters. The number of rotatable bonds is 7. The zero-order valence-electron chi connectivity index (χ0n) is 10.4. The summed E-state index contributed by atoms with van der Waals surface area (Å²) in [6, 6.07) is 0. The van der Waals surface area contributed by atoms with Gasteiger partial charge in [0.1, 0.15) is 10.4 Å². The van der Waals surface area contributed by atoms with Crippen molar-refractivity contribution in [3.63, 3.8) is 0 Å². The Morgan fingerprint density at radius 1 is 1.53 bits per heavy atom. The van der Waals surface area contributed by atoms with E-state index in [4.69, 9.17) is 4.84 Å². The highest BCUT2D eigenvalue weighted by atomic mass is 32.2. The van der Waals surface area contributed by atoms with Crippen LogP contribution < -0.4 is 0 Å². The van der Waals surface area contributed by atoms with E-state index in [2.05, 4.69) is 10.1 Å². The second-order valence-electron chi connectivity index (χ2n) is 3.68. The lowest BCUT2D eigenvalue weighted by Gasteiger charge is -1.98. The maximum absolute atomic E-state index is 12.5.